The predicted molar refractivity (Wildman–Crippen MR) is 75.9 cm³/mol. The Labute approximate surface area is 109 Å². The standard InChI is InChI=1S/C13H21N3S/c1-10(2)6-8-16(3)9-11-5-4-7-15-12(11)13(14)17/h4-5,7,10H,6,8-9H2,1-3H3,(H2,14,17). The van der Waals surface area contributed by atoms with Crippen LogP contribution in [0.25, 0.3) is 0 Å². The maximum Gasteiger partial charge on any atom is 0.123 e. The van der Waals surface area contributed by atoms with E-state index >= 15 is 0 Å². The second kappa shape index (κ2) is 6.67. The third-order valence-corrected chi connectivity index (χ3v) is 2.85. The highest BCUT2D eigenvalue weighted by Gasteiger charge is 2.08. The van der Waals surface area contributed by atoms with E-state index in [1.54, 1.807) is 6.20 Å². The smallest absolute Gasteiger partial charge is 0.123 e. The molecule has 17 heavy (non-hydrogen) atoms. The van der Waals surface area contributed by atoms with E-state index in [9.17, 15) is 0 Å². The lowest BCUT2D eigenvalue weighted by Gasteiger charge is -2.19. The van der Waals surface area contributed by atoms with Crippen LogP contribution in [0.15, 0.2) is 18.3 Å². The van der Waals surface area contributed by atoms with Crippen molar-refractivity contribution in [1.29, 1.82) is 0 Å². The molecule has 0 bridgehead atoms. The number of hydrogen-bond donors (Lipinski definition) is 1. The first-order valence-corrected chi connectivity index (χ1v) is 6.33. The Morgan fingerprint density at radius 1 is 1.53 bits per heavy atom. The van der Waals surface area contributed by atoms with E-state index in [1.165, 1.54) is 6.42 Å². The zero-order valence-electron chi connectivity index (χ0n) is 10.8. The van der Waals surface area contributed by atoms with E-state index in [4.69, 9.17) is 18.0 Å². The summed E-state index contributed by atoms with van der Waals surface area (Å²) in [5, 5.41) is 0. The molecule has 1 aromatic heterocycles. The average Bonchev–Trinajstić information content (AvgIpc) is 2.27. The summed E-state index contributed by atoms with van der Waals surface area (Å²) >= 11 is 5.01. The van der Waals surface area contributed by atoms with Gasteiger partial charge in [0.1, 0.15) is 10.7 Å². The van der Waals surface area contributed by atoms with E-state index in [-0.39, 0.29) is 0 Å². The van der Waals surface area contributed by atoms with Crippen molar-refractivity contribution in [3.63, 3.8) is 0 Å². The fraction of sp³-hybridized carbons (Fsp3) is 0.538. The minimum absolute atomic E-state index is 0.373. The summed E-state index contributed by atoms with van der Waals surface area (Å²) in [5.41, 5.74) is 7.51. The monoisotopic (exact) mass is 251 g/mol. The summed E-state index contributed by atoms with van der Waals surface area (Å²) in [6.45, 7) is 6.38. The van der Waals surface area contributed by atoms with Crippen molar-refractivity contribution in [2.45, 2.75) is 26.8 Å². The van der Waals surface area contributed by atoms with Gasteiger partial charge in [-0.3, -0.25) is 4.98 Å². The van der Waals surface area contributed by atoms with Crippen LogP contribution >= 0.6 is 12.2 Å². The lowest BCUT2D eigenvalue weighted by molar-refractivity contribution is 0.303. The van der Waals surface area contributed by atoms with Gasteiger partial charge in [0.15, 0.2) is 0 Å². The second-order valence-corrected chi connectivity index (χ2v) is 5.24. The molecule has 0 saturated carbocycles. The first kappa shape index (κ1) is 14.1. The number of rotatable bonds is 6. The van der Waals surface area contributed by atoms with Gasteiger partial charge in [-0.05, 0) is 37.6 Å². The van der Waals surface area contributed by atoms with Crippen LogP contribution in [0.5, 0.6) is 0 Å². The molecule has 94 valence electrons. The summed E-state index contributed by atoms with van der Waals surface area (Å²) < 4.78 is 0. The van der Waals surface area contributed by atoms with E-state index < -0.39 is 0 Å². The number of thiocarbonyl (C=S) groups is 1. The van der Waals surface area contributed by atoms with Gasteiger partial charge in [0.05, 0.1) is 0 Å². The van der Waals surface area contributed by atoms with Crippen molar-refractivity contribution in [1.82, 2.24) is 9.88 Å². The Kier molecular flexibility index (Phi) is 5.51. The van der Waals surface area contributed by atoms with Crippen LogP contribution in [0.2, 0.25) is 0 Å². The van der Waals surface area contributed by atoms with Crippen LogP contribution in [0.1, 0.15) is 31.5 Å². The van der Waals surface area contributed by atoms with Gasteiger partial charge in [-0.15, -0.1) is 0 Å². The molecule has 1 heterocycles. The normalized spacial score (nSPS) is 11.1. The molecule has 3 nitrogen and oxygen atoms in total. The Balaban J connectivity index is 2.64. The Hall–Kier alpha value is -1.00. The maximum absolute atomic E-state index is 5.66. The van der Waals surface area contributed by atoms with Gasteiger partial charge >= 0.3 is 0 Å². The highest BCUT2D eigenvalue weighted by Crippen LogP contribution is 2.09. The minimum atomic E-state index is 0.373. The molecule has 0 fully saturated rings. The molecule has 1 rings (SSSR count). The van der Waals surface area contributed by atoms with Gasteiger partial charge in [-0.2, -0.15) is 0 Å². The van der Waals surface area contributed by atoms with Gasteiger partial charge < -0.3 is 10.6 Å². The van der Waals surface area contributed by atoms with E-state index in [0.29, 0.717) is 4.99 Å². The van der Waals surface area contributed by atoms with Crippen molar-refractivity contribution < 1.29 is 0 Å². The van der Waals surface area contributed by atoms with Gasteiger partial charge in [-0.1, -0.05) is 32.1 Å². The molecule has 0 aliphatic rings. The van der Waals surface area contributed by atoms with Crippen LogP contribution in [0.3, 0.4) is 0 Å². The van der Waals surface area contributed by atoms with Crippen LogP contribution in [-0.4, -0.2) is 28.5 Å². The SMILES string of the molecule is CC(C)CCN(C)Cc1cccnc1C(N)=S. The van der Waals surface area contributed by atoms with Gasteiger partial charge in [0, 0.05) is 12.7 Å². The van der Waals surface area contributed by atoms with Crippen LogP contribution in [-0.2, 0) is 6.54 Å². The summed E-state index contributed by atoms with van der Waals surface area (Å²) in [6.07, 6.45) is 2.92. The summed E-state index contributed by atoms with van der Waals surface area (Å²) in [7, 11) is 2.11. The molecule has 0 aliphatic carbocycles. The lowest BCUT2D eigenvalue weighted by Crippen LogP contribution is -2.23. The largest absolute Gasteiger partial charge is 0.388 e. The quantitative estimate of drug-likeness (QED) is 0.787. The van der Waals surface area contributed by atoms with Crippen molar-refractivity contribution in [2.24, 2.45) is 11.7 Å². The van der Waals surface area contributed by atoms with Crippen molar-refractivity contribution >= 4 is 17.2 Å². The molecule has 0 saturated heterocycles. The predicted octanol–water partition coefficient (Wildman–Crippen LogP) is 2.19. The van der Waals surface area contributed by atoms with Gasteiger partial charge in [0.25, 0.3) is 0 Å². The summed E-state index contributed by atoms with van der Waals surface area (Å²) in [4.78, 5) is 6.88. The van der Waals surface area contributed by atoms with Gasteiger partial charge in [0.2, 0.25) is 0 Å². The summed E-state index contributed by atoms with van der Waals surface area (Å²) in [5.74, 6) is 0.724. The van der Waals surface area contributed by atoms with Crippen LogP contribution in [0.4, 0.5) is 0 Å². The van der Waals surface area contributed by atoms with Gasteiger partial charge in [-0.25, -0.2) is 0 Å². The molecule has 2 N–H and O–H groups in total. The number of pyridine rings is 1. The first-order valence-electron chi connectivity index (χ1n) is 5.93. The first-order chi connectivity index (χ1) is 8.00. The number of nitrogens with zero attached hydrogens (tertiary/aromatic N) is 2. The molecule has 0 amide bonds. The van der Waals surface area contributed by atoms with Crippen molar-refractivity contribution in [3.8, 4) is 0 Å². The average molecular weight is 251 g/mol. The third-order valence-electron chi connectivity index (χ3n) is 2.65. The van der Waals surface area contributed by atoms with E-state index in [2.05, 4.69) is 30.8 Å². The zero-order chi connectivity index (χ0) is 12.8. The Morgan fingerprint density at radius 2 is 2.24 bits per heavy atom. The van der Waals surface area contributed by atoms with Crippen LogP contribution < -0.4 is 5.73 Å². The molecule has 0 radical (unpaired) electrons. The number of nitrogens with two attached hydrogens (primary N) is 1. The lowest BCUT2D eigenvalue weighted by atomic mass is 10.1. The molecular formula is C13H21N3S. The number of aromatic nitrogens is 1. The number of hydrogen-bond acceptors (Lipinski definition) is 3. The molecule has 0 aliphatic heterocycles. The Bertz CT molecular complexity index is 377. The minimum Gasteiger partial charge on any atom is -0.388 e. The fourth-order valence-electron chi connectivity index (χ4n) is 1.64. The fourth-order valence-corrected chi connectivity index (χ4v) is 1.82. The molecule has 0 aromatic carbocycles. The molecule has 1 aromatic rings. The molecule has 4 heteroatoms. The van der Waals surface area contributed by atoms with Crippen LogP contribution in [0, 0.1) is 5.92 Å². The zero-order valence-corrected chi connectivity index (χ0v) is 11.6. The van der Waals surface area contributed by atoms with E-state index in [0.717, 1.165) is 30.3 Å². The van der Waals surface area contributed by atoms with Crippen molar-refractivity contribution in [2.75, 3.05) is 13.6 Å². The molecular weight excluding hydrogens is 230 g/mol. The second-order valence-electron chi connectivity index (χ2n) is 4.80. The third kappa shape index (κ3) is 4.79. The Morgan fingerprint density at radius 3 is 2.82 bits per heavy atom. The molecule has 0 spiro atoms. The van der Waals surface area contributed by atoms with E-state index in [1.807, 2.05) is 12.1 Å². The highest BCUT2D eigenvalue weighted by atomic mass is 32.1. The maximum atomic E-state index is 5.66. The molecule has 0 unspecified atom stereocenters. The van der Waals surface area contributed by atoms with Crippen molar-refractivity contribution in [3.05, 3.63) is 29.6 Å². The molecule has 0 atom stereocenters. The summed E-state index contributed by atoms with van der Waals surface area (Å²) in [6, 6.07) is 3.96. The topological polar surface area (TPSA) is 42.2 Å². The highest BCUT2D eigenvalue weighted by molar-refractivity contribution is 7.80.